The monoisotopic (exact) mass is 471 g/mol. The van der Waals surface area contributed by atoms with Gasteiger partial charge in [-0.3, -0.25) is 4.79 Å². The van der Waals surface area contributed by atoms with Gasteiger partial charge in [0.1, 0.15) is 17.2 Å². The molecule has 0 aliphatic carbocycles. The molecule has 0 fully saturated rings. The van der Waals surface area contributed by atoms with Gasteiger partial charge in [0, 0.05) is 33.4 Å². The zero-order valence-electron chi connectivity index (χ0n) is 18.7. The molecule has 5 rings (SSSR count). The van der Waals surface area contributed by atoms with Crippen LogP contribution in [0.3, 0.4) is 0 Å². The summed E-state index contributed by atoms with van der Waals surface area (Å²) in [5.74, 6) is 0.993. The number of nitrogens with zero attached hydrogens (tertiary/aromatic N) is 1. The standard InChI is InChI=1S/C27H22ClN3O3/c1-33-17-11-12-24(34-2)20(13-17)26-25-19(18-8-4-6-10-22(18)30-25)14-23(31-26)27(32)29-15-16-7-3-5-9-21(16)28/h3-14,30H,15H2,1-2H3,(H,29,32). The number of aromatic amines is 1. The van der Waals surface area contributed by atoms with E-state index < -0.39 is 0 Å². The van der Waals surface area contributed by atoms with Gasteiger partial charge < -0.3 is 19.8 Å². The van der Waals surface area contributed by atoms with Gasteiger partial charge in [-0.1, -0.05) is 48.0 Å². The van der Waals surface area contributed by atoms with E-state index in [1.165, 1.54) is 0 Å². The summed E-state index contributed by atoms with van der Waals surface area (Å²) >= 11 is 6.25. The number of nitrogens with one attached hydrogen (secondary N) is 2. The van der Waals surface area contributed by atoms with Crippen molar-refractivity contribution in [2.24, 2.45) is 0 Å². The molecule has 0 aliphatic rings. The Kier molecular flexibility index (Phi) is 5.82. The Bertz CT molecular complexity index is 1530. The summed E-state index contributed by atoms with van der Waals surface area (Å²) in [5.41, 5.74) is 4.22. The summed E-state index contributed by atoms with van der Waals surface area (Å²) in [4.78, 5) is 21.4. The summed E-state index contributed by atoms with van der Waals surface area (Å²) in [6.45, 7) is 0.296. The molecular formula is C27H22ClN3O3. The number of para-hydroxylation sites is 1. The minimum Gasteiger partial charge on any atom is -0.497 e. The molecule has 34 heavy (non-hydrogen) atoms. The fraction of sp³-hybridized carbons (Fsp3) is 0.111. The Balaban J connectivity index is 1.66. The highest BCUT2D eigenvalue weighted by atomic mass is 35.5. The second kappa shape index (κ2) is 9.08. The van der Waals surface area contributed by atoms with Crippen molar-refractivity contribution in [1.82, 2.24) is 15.3 Å². The van der Waals surface area contributed by atoms with Crippen LogP contribution in [0.4, 0.5) is 0 Å². The average Bonchev–Trinajstić information content (AvgIpc) is 3.25. The Morgan fingerprint density at radius 2 is 1.76 bits per heavy atom. The zero-order chi connectivity index (χ0) is 23.7. The molecule has 7 heteroatoms. The molecule has 0 saturated heterocycles. The average molecular weight is 472 g/mol. The Morgan fingerprint density at radius 3 is 2.56 bits per heavy atom. The van der Waals surface area contributed by atoms with E-state index in [1.807, 2.05) is 66.7 Å². The lowest BCUT2D eigenvalue weighted by Gasteiger charge is -2.13. The van der Waals surface area contributed by atoms with E-state index in [1.54, 1.807) is 20.3 Å². The first-order valence-corrected chi connectivity index (χ1v) is 11.1. The van der Waals surface area contributed by atoms with E-state index >= 15 is 0 Å². The Morgan fingerprint density at radius 1 is 0.971 bits per heavy atom. The molecule has 0 radical (unpaired) electrons. The first-order chi connectivity index (χ1) is 16.6. The molecule has 6 nitrogen and oxygen atoms in total. The third kappa shape index (κ3) is 3.93. The summed E-state index contributed by atoms with van der Waals surface area (Å²) in [5, 5.41) is 5.44. The fourth-order valence-electron chi connectivity index (χ4n) is 4.06. The third-order valence-electron chi connectivity index (χ3n) is 5.79. The minimum atomic E-state index is -0.296. The van der Waals surface area contributed by atoms with Gasteiger partial charge in [-0.25, -0.2) is 4.98 Å². The van der Waals surface area contributed by atoms with Gasteiger partial charge in [-0.05, 0) is 42.0 Å². The topological polar surface area (TPSA) is 76.2 Å². The molecule has 5 aromatic rings. The molecule has 2 N–H and O–H groups in total. The predicted molar refractivity (Wildman–Crippen MR) is 135 cm³/mol. The van der Waals surface area contributed by atoms with Crippen LogP contribution in [0.25, 0.3) is 33.1 Å². The molecular weight excluding hydrogens is 450 g/mol. The summed E-state index contributed by atoms with van der Waals surface area (Å²) in [6.07, 6.45) is 0. The number of carbonyl (C=O) groups excluding carboxylic acids is 1. The quantitative estimate of drug-likeness (QED) is 0.319. The van der Waals surface area contributed by atoms with Gasteiger partial charge in [0.25, 0.3) is 5.91 Å². The number of hydrogen-bond acceptors (Lipinski definition) is 4. The highest BCUT2D eigenvalue weighted by Gasteiger charge is 2.20. The molecule has 0 bridgehead atoms. The van der Waals surface area contributed by atoms with Crippen molar-refractivity contribution in [2.45, 2.75) is 6.54 Å². The molecule has 0 atom stereocenters. The number of pyridine rings is 1. The Hall–Kier alpha value is -4.03. The van der Waals surface area contributed by atoms with Crippen molar-refractivity contribution in [3.05, 3.63) is 89.1 Å². The number of ether oxygens (including phenoxy) is 2. The molecule has 3 aromatic carbocycles. The lowest BCUT2D eigenvalue weighted by molar-refractivity contribution is 0.0946. The molecule has 2 aromatic heterocycles. The molecule has 0 spiro atoms. The molecule has 170 valence electrons. The van der Waals surface area contributed by atoms with Crippen molar-refractivity contribution < 1.29 is 14.3 Å². The lowest BCUT2D eigenvalue weighted by Crippen LogP contribution is -2.24. The van der Waals surface area contributed by atoms with Crippen molar-refractivity contribution in [1.29, 1.82) is 0 Å². The van der Waals surface area contributed by atoms with Gasteiger partial charge in [0.15, 0.2) is 0 Å². The second-order valence-corrected chi connectivity index (χ2v) is 8.20. The summed E-state index contributed by atoms with van der Waals surface area (Å²) in [7, 11) is 3.21. The van der Waals surface area contributed by atoms with Gasteiger partial charge in [-0.15, -0.1) is 0 Å². The first kappa shape index (κ1) is 21.8. The van der Waals surface area contributed by atoms with Crippen LogP contribution in [0.15, 0.2) is 72.8 Å². The number of amides is 1. The van der Waals surface area contributed by atoms with Crippen LogP contribution in [-0.4, -0.2) is 30.1 Å². The number of rotatable bonds is 6. The van der Waals surface area contributed by atoms with Crippen LogP contribution in [0.2, 0.25) is 5.02 Å². The van der Waals surface area contributed by atoms with Crippen molar-refractivity contribution in [3.8, 4) is 22.8 Å². The molecule has 0 unspecified atom stereocenters. The minimum absolute atomic E-state index is 0.296. The van der Waals surface area contributed by atoms with Crippen LogP contribution < -0.4 is 14.8 Å². The van der Waals surface area contributed by atoms with E-state index in [4.69, 9.17) is 26.1 Å². The van der Waals surface area contributed by atoms with E-state index in [-0.39, 0.29) is 5.91 Å². The zero-order valence-corrected chi connectivity index (χ0v) is 19.4. The summed E-state index contributed by atoms with van der Waals surface area (Å²) in [6, 6.07) is 22.7. The van der Waals surface area contributed by atoms with Gasteiger partial charge in [-0.2, -0.15) is 0 Å². The van der Waals surface area contributed by atoms with Crippen molar-refractivity contribution in [3.63, 3.8) is 0 Å². The van der Waals surface area contributed by atoms with Crippen molar-refractivity contribution in [2.75, 3.05) is 14.2 Å². The largest absolute Gasteiger partial charge is 0.497 e. The number of aromatic nitrogens is 2. The van der Waals surface area contributed by atoms with Crippen molar-refractivity contribution >= 4 is 39.3 Å². The van der Waals surface area contributed by atoms with E-state index in [0.29, 0.717) is 34.5 Å². The number of fused-ring (bicyclic) bond motifs is 3. The fourth-order valence-corrected chi connectivity index (χ4v) is 4.27. The summed E-state index contributed by atoms with van der Waals surface area (Å²) < 4.78 is 11.1. The number of halogens is 1. The highest BCUT2D eigenvalue weighted by molar-refractivity contribution is 6.31. The van der Waals surface area contributed by atoms with Gasteiger partial charge in [0.2, 0.25) is 0 Å². The van der Waals surface area contributed by atoms with Gasteiger partial charge in [0.05, 0.1) is 25.4 Å². The number of methoxy groups -OCH3 is 2. The normalized spacial score (nSPS) is 11.0. The molecule has 2 heterocycles. The van der Waals surface area contributed by atoms with Crippen LogP contribution >= 0.6 is 11.6 Å². The molecule has 0 aliphatic heterocycles. The maximum absolute atomic E-state index is 13.2. The maximum atomic E-state index is 13.2. The predicted octanol–water partition coefficient (Wildman–Crippen LogP) is 5.98. The molecule has 0 saturated carbocycles. The number of carbonyl (C=O) groups is 1. The molecule has 1 amide bonds. The maximum Gasteiger partial charge on any atom is 0.270 e. The number of H-pyrrole nitrogens is 1. The third-order valence-corrected chi connectivity index (χ3v) is 6.16. The van der Waals surface area contributed by atoms with Crippen LogP contribution in [0.1, 0.15) is 16.1 Å². The van der Waals surface area contributed by atoms with E-state index in [9.17, 15) is 4.79 Å². The number of benzene rings is 3. The lowest BCUT2D eigenvalue weighted by atomic mass is 10.0. The smallest absolute Gasteiger partial charge is 0.270 e. The second-order valence-electron chi connectivity index (χ2n) is 7.79. The van der Waals surface area contributed by atoms with E-state index in [0.717, 1.165) is 32.9 Å². The first-order valence-electron chi connectivity index (χ1n) is 10.7. The number of hydrogen-bond donors (Lipinski definition) is 2. The highest BCUT2D eigenvalue weighted by Crippen LogP contribution is 2.38. The SMILES string of the molecule is COc1ccc(OC)c(-c2nc(C(=O)NCc3ccccc3Cl)cc3c2[nH]c2ccccc23)c1. The van der Waals surface area contributed by atoms with Crippen LogP contribution in [-0.2, 0) is 6.54 Å². The Labute approximate surface area is 201 Å². The van der Waals surface area contributed by atoms with Crippen LogP contribution in [0.5, 0.6) is 11.5 Å². The van der Waals surface area contributed by atoms with Crippen LogP contribution in [0, 0.1) is 0 Å². The van der Waals surface area contributed by atoms with E-state index in [2.05, 4.69) is 10.3 Å². The van der Waals surface area contributed by atoms with Gasteiger partial charge >= 0.3 is 0 Å².